The Morgan fingerprint density at radius 3 is 2.79 bits per heavy atom. The van der Waals surface area contributed by atoms with Crippen LogP contribution in [-0.4, -0.2) is 17.1 Å². The van der Waals surface area contributed by atoms with Crippen molar-refractivity contribution in [3.8, 4) is 0 Å². The van der Waals surface area contributed by atoms with Gasteiger partial charge >= 0.3 is 0 Å². The van der Waals surface area contributed by atoms with Crippen LogP contribution in [-0.2, 0) is 17.8 Å². The Morgan fingerprint density at radius 2 is 2.11 bits per heavy atom. The summed E-state index contributed by atoms with van der Waals surface area (Å²) >= 11 is 6.13. The second-order valence-electron chi connectivity index (χ2n) is 4.01. The Bertz CT molecular complexity index is 562. The van der Waals surface area contributed by atoms with Crippen LogP contribution in [0.3, 0.4) is 0 Å². The van der Waals surface area contributed by atoms with Gasteiger partial charge in [-0.05, 0) is 11.6 Å². The molecule has 1 aromatic carbocycles. The van der Waals surface area contributed by atoms with Gasteiger partial charge in [-0.15, -0.1) is 0 Å². The molecule has 0 bridgehead atoms. The third kappa shape index (κ3) is 3.64. The van der Waals surface area contributed by atoms with Crippen LogP contribution >= 0.6 is 11.6 Å². The molecule has 0 spiro atoms. The fourth-order valence-electron chi connectivity index (χ4n) is 1.74. The molecule has 0 aliphatic carbocycles. The molecule has 0 aliphatic rings. The van der Waals surface area contributed by atoms with Gasteiger partial charge in [0.15, 0.2) is 0 Å². The number of aromatic nitrogens is 2. The molecule has 2 aromatic rings. The van der Waals surface area contributed by atoms with Crippen molar-refractivity contribution in [3.63, 3.8) is 0 Å². The molecule has 0 unspecified atom stereocenters. The Kier molecular flexibility index (Phi) is 4.68. The minimum absolute atomic E-state index is 0.409. The summed E-state index contributed by atoms with van der Waals surface area (Å²) in [4.78, 5) is 8.73. The Morgan fingerprint density at radius 1 is 1.32 bits per heavy atom. The van der Waals surface area contributed by atoms with Crippen molar-refractivity contribution >= 4 is 17.4 Å². The molecule has 0 radical (unpaired) electrons. The van der Waals surface area contributed by atoms with Gasteiger partial charge in [-0.3, -0.25) is 0 Å². The van der Waals surface area contributed by atoms with E-state index < -0.39 is 0 Å². The molecule has 3 N–H and O–H groups in total. The van der Waals surface area contributed by atoms with Crippen LogP contribution in [0.1, 0.15) is 17.1 Å². The highest BCUT2D eigenvalue weighted by atomic mass is 35.5. The molecule has 5 nitrogen and oxygen atoms in total. The van der Waals surface area contributed by atoms with E-state index in [1.165, 1.54) is 0 Å². The molecule has 0 atom stereocenters. The van der Waals surface area contributed by atoms with E-state index in [9.17, 15) is 0 Å². The number of hydrogen-bond acceptors (Lipinski definition) is 5. The van der Waals surface area contributed by atoms with Gasteiger partial charge in [-0.1, -0.05) is 29.8 Å². The van der Waals surface area contributed by atoms with Gasteiger partial charge in [0.1, 0.15) is 11.6 Å². The van der Waals surface area contributed by atoms with Gasteiger partial charge in [0.05, 0.1) is 12.3 Å². The monoisotopic (exact) mass is 278 g/mol. The average molecular weight is 279 g/mol. The number of halogens is 1. The minimum Gasteiger partial charge on any atom is -0.378 e. The quantitative estimate of drug-likeness (QED) is 0.648. The van der Waals surface area contributed by atoms with E-state index in [1.54, 1.807) is 13.2 Å². The largest absolute Gasteiger partial charge is 0.378 e. The molecule has 0 fully saturated rings. The number of hydrazine groups is 1. The lowest BCUT2D eigenvalue weighted by molar-refractivity contribution is 0.181. The van der Waals surface area contributed by atoms with Crippen molar-refractivity contribution in [3.05, 3.63) is 52.4 Å². The first-order valence-electron chi connectivity index (χ1n) is 5.78. The van der Waals surface area contributed by atoms with Crippen molar-refractivity contribution in [1.29, 1.82) is 0 Å². The number of nitrogens with zero attached hydrogens (tertiary/aromatic N) is 2. The van der Waals surface area contributed by atoms with Crippen LogP contribution in [0, 0.1) is 0 Å². The first kappa shape index (κ1) is 13.7. The summed E-state index contributed by atoms with van der Waals surface area (Å²) in [6, 6.07) is 9.37. The van der Waals surface area contributed by atoms with E-state index >= 15 is 0 Å². The maximum Gasteiger partial charge on any atom is 0.144 e. The SMILES string of the molecule is COCc1cc(NN)nc(Cc2ccccc2Cl)n1. The molecule has 0 saturated heterocycles. The first-order valence-corrected chi connectivity index (χ1v) is 6.16. The van der Waals surface area contributed by atoms with Crippen molar-refractivity contribution in [2.75, 3.05) is 12.5 Å². The third-order valence-corrected chi connectivity index (χ3v) is 2.94. The standard InChI is InChI=1S/C13H15ClN4O/c1-19-8-10-7-13(18-15)17-12(16-10)6-9-4-2-3-5-11(9)14/h2-5,7H,6,8,15H2,1H3,(H,16,17,18). The second kappa shape index (κ2) is 6.47. The van der Waals surface area contributed by atoms with Gasteiger partial charge in [-0.2, -0.15) is 0 Å². The lowest BCUT2D eigenvalue weighted by Gasteiger charge is -2.08. The number of anilines is 1. The summed E-state index contributed by atoms with van der Waals surface area (Å²) in [7, 11) is 1.62. The molecule has 0 amide bonds. The number of rotatable bonds is 5. The zero-order chi connectivity index (χ0) is 13.7. The van der Waals surface area contributed by atoms with Crippen LogP contribution in [0.4, 0.5) is 5.82 Å². The topological polar surface area (TPSA) is 73.1 Å². The fourth-order valence-corrected chi connectivity index (χ4v) is 1.94. The first-order chi connectivity index (χ1) is 9.22. The maximum atomic E-state index is 6.13. The van der Waals surface area contributed by atoms with E-state index in [0.29, 0.717) is 29.7 Å². The normalized spacial score (nSPS) is 10.5. The maximum absolute atomic E-state index is 6.13. The van der Waals surface area contributed by atoms with Crippen LogP contribution in [0.5, 0.6) is 0 Å². The molecule has 19 heavy (non-hydrogen) atoms. The number of benzene rings is 1. The lowest BCUT2D eigenvalue weighted by atomic mass is 10.1. The van der Waals surface area contributed by atoms with Crippen LogP contribution < -0.4 is 11.3 Å². The zero-order valence-corrected chi connectivity index (χ0v) is 11.3. The molecule has 6 heteroatoms. The Balaban J connectivity index is 2.29. The molecular weight excluding hydrogens is 264 g/mol. The Labute approximate surface area is 116 Å². The second-order valence-corrected chi connectivity index (χ2v) is 4.41. The number of hydrogen-bond donors (Lipinski definition) is 2. The predicted octanol–water partition coefficient (Wildman–Crippen LogP) is 2.15. The van der Waals surface area contributed by atoms with Gasteiger partial charge < -0.3 is 10.2 Å². The van der Waals surface area contributed by atoms with Crippen molar-refractivity contribution < 1.29 is 4.74 Å². The van der Waals surface area contributed by atoms with E-state index in [2.05, 4.69) is 15.4 Å². The number of ether oxygens (including phenoxy) is 1. The molecule has 1 heterocycles. The number of methoxy groups -OCH3 is 1. The van der Waals surface area contributed by atoms with E-state index in [-0.39, 0.29) is 0 Å². The average Bonchev–Trinajstić information content (AvgIpc) is 2.41. The minimum atomic E-state index is 0.409. The van der Waals surface area contributed by atoms with Crippen molar-refractivity contribution in [2.24, 2.45) is 5.84 Å². The summed E-state index contributed by atoms with van der Waals surface area (Å²) in [5.74, 6) is 6.61. The molecule has 1 aromatic heterocycles. The van der Waals surface area contributed by atoms with Crippen LogP contribution in [0.15, 0.2) is 30.3 Å². The summed E-state index contributed by atoms with van der Waals surface area (Å²) in [6.45, 7) is 0.409. The van der Waals surface area contributed by atoms with Gasteiger partial charge in [-0.25, -0.2) is 15.8 Å². The molecular formula is C13H15ClN4O. The highest BCUT2D eigenvalue weighted by molar-refractivity contribution is 6.31. The van der Waals surface area contributed by atoms with Gasteiger partial charge in [0, 0.05) is 24.6 Å². The highest BCUT2D eigenvalue weighted by Gasteiger charge is 2.07. The number of nitrogens with two attached hydrogens (primary N) is 1. The predicted molar refractivity (Wildman–Crippen MR) is 74.8 cm³/mol. The zero-order valence-electron chi connectivity index (χ0n) is 10.6. The molecule has 2 rings (SSSR count). The third-order valence-electron chi connectivity index (χ3n) is 2.57. The van der Waals surface area contributed by atoms with E-state index in [4.69, 9.17) is 22.2 Å². The van der Waals surface area contributed by atoms with E-state index in [1.807, 2.05) is 24.3 Å². The molecule has 0 aliphatic heterocycles. The molecule has 0 saturated carbocycles. The summed E-state index contributed by atoms with van der Waals surface area (Å²) < 4.78 is 5.07. The number of nitrogen functional groups attached to an aromatic ring is 1. The van der Waals surface area contributed by atoms with E-state index in [0.717, 1.165) is 11.3 Å². The fraction of sp³-hybridized carbons (Fsp3) is 0.231. The van der Waals surface area contributed by atoms with Gasteiger partial charge in [0.2, 0.25) is 0 Å². The summed E-state index contributed by atoms with van der Waals surface area (Å²) in [6.07, 6.45) is 0.548. The van der Waals surface area contributed by atoms with Gasteiger partial charge in [0.25, 0.3) is 0 Å². The summed E-state index contributed by atoms with van der Waals surface area (Å²) in [5.41, 5.74) is 4.27. The van der Waals surface area contributed by atoms with Crippen molar-refractivity contribution in [2.45, 2.75) is 13.0 Å². The van der Waals surface area contributed by atoms with Crippen LogP contribution in [0.25, 0.3) is 0 Å². The Hall–Kier alpha value is -1.69. The van der Waals surface area contributed by atoms with Crippen molar-refractivity contribution in [1.82, 2.24) is 9.97 Å². The lowest BCUT2D eigenvalue weighted by Crippen LogP contribution is -2.12. The highest BCUT2D eigenvalue weighted by Crippen LogP contribution is 2.18. The number of nitrogens with one attached hydrogen (secondary N) is 1. The summed E-state index contributed by atoms with van der Waals surface area (Å²) in [5, 5.41) is 0.700. The smallest absolute Gasteiger partial charge is 0.144 e. The molecule has 100 valence electrons. The van der Waals surface area contributed by atoms with Crippen LogP contribution in [0.2, 0.25) is 5.02 Å².